The van der Waals surface area contributed by atoms with Crippen LogP contribution in [0.1, 0.15) is 58.8 Å². The predicted octanol–water partition coefficient (Wildman–Crippen LogP) is 2.85. The van der Waals surface area contributed by atoms with E-state index < -0.39 is 0 Å². The number of ether oxygens (including phenoxy) is 1. The van der Waals surface area contributed by atoms with Crippen molar-refractivity contribution in [2.45, 2.75) is 64.8 Å². The lowest BCUT2D eigenvalue weighted by Crippen LogP contribution is -2.48. The summed E-state index contributed by atoms with van der Waals surface area (Å²) in [7, 11) is 0. The van der Waals surface area contributed by atoms with Crippen LogP contribution in [-0.4, -0.2) is 19.3 Å². The fourth-order valence-electron chi connectivity index (χ4n) is 3.96. The molecule has 0 aromatic carbocycles. The SMILES string of the molecule is CC1(C)CCCCC1C(CC1CCOCC1)NN. The molecule has 1 heterocycles. The first-order valence-electron chi connectivity index (χ1n) is 7.67. The van der Waals surface area contributed by atoms with Crippen molar-refractivity contribution in [2.75, 3.05) is 13.2 Å². The number of hydrogen-bond donors (Lipinski definition) is 2. The molecular weight excluding hydrogens is 224 g/mol. The van der Waals surface area contributed by atoms with Crippen LogP contribution in [-0.2, 0) is 4.74 Å². The predicted molar refractivity (Wildman–Crippen MR) is 75.0 cm³/mol. The Bertz CT molecular complexity index is 249. The van der Waals surface area contributed by atoms with Gasteiger partial charge >= 0.3 is 0 Å². The van der Waals surface area contributed by atoms with E-state index in [1.54, 1.807) is 0 Å². The third kappa shape index (κ3) is 3.46. The van der Waals surface area contributed by atoms with Gasteiger partial charge < -0.3 is 4.74 Å². The molecule has 2 unspecified atom stereocenters. The second-order valence-corrected chi connectivity index (χ2v) is 6.91. The van der Waals surface area contributed by atoms with Crippen molar-refractivity contribution in [2.24, 2.45) is 23.1 Å². The molecule has 0 aromatic heterocycles. The van der Waals surface area contributed by atoms with Crippen LogP contribution in [0, 0.1) is 17.3 Å². The van der Waals surface area contributed by atoms with Crippen LogP contribution in [0.5, 0.6) is 0 Å². The minimum absolute atomic E-state index is 0.445. The Hall–Kier alpha value is -0.120. The van der Waals surface area contributed by atoms with Gasteiger partial charge in [-0.1, -0.05) is 26.7 Å². The van der Waals surface area contributed by atoms with Crippen LogP contribution < -0.4 is 11.3 Å². The quantitative estimate of drug-likeness (QED) is 0.599. The van der Waals surface area contributed by atoms with E-state index in [0.29, 0.717) is 11.5 Å². The molecule has 1 saturated carbocycles. The molecule has 0 aromatic rings. The second-order valence-electron chi connectivity index (χ2n) is 6.91. The van der Waals surface area contributed by atoms with E-state index in [9.17, 15) is 0 Å². The molecule has 1 aliphatic carbocycles. The average molecular weight is 254 g/mol. The Morgan fingerprint density at radius 1 is 1.22 bits per heavy atom. The molecule has 2 rings (SSSR count). The standard InChI is InChI=1S/C15H30N2O/c1-15(2)8-4-3-5-13(15)14(17-16)11-12-6-9-18-10-7-12/h12-14,17H,3-11,16H2,1-2H3. The summed E-state index contributed by atoms with van der Waals surface area (Å²) in [5, 5.41) is 0. The highest BCUT2D eigenvalue weighted by Crippen LogP contribution is 2.43. The smallest absolute Gasteiger partial charge is 0.0468 e. The Morgan fingerprint density at radius 2 is 1.94 bits per heavy atom. The minimum Gasteiger partial charge on any atom is -0.381 e. The van der Waals surface area contributed by atoms with Gasteiger partial charge in [0.1, 0.15) is 0 Å². The van der Waals surface area contributed by atoms with Crippen molar-refractivity contribution in [1.82, 2.24) is 5.43 Å². The average Bonchev–Trinajstić information content (AvgIpc) is 2.37. The molecule has 0 bridgehead atoms. The van der Waals surface area contributed by atoms with Crippen molar-refractivity contribution in [3.05, 3.63) is 0 Å². The summed E-state index contributed by atoms with van der Waals surface area (Å²) in [5.41, 5.74) is 3.58. The van der Waals surface area contributed by atoms with Crippen molar-refractivity contribution < 1.29 is 4.74 Å². The van der Waals surface area contributed by atoms with Gasteiger partial charge in [-0.3, -0.25) is 11.3 Å². The summed E-state index contributed by atoms with van der Waals surface area (Å²) in [6.07, 6.45) is 9.11. The van der Waals surface area contributed by atoms with E-state index >= 15 is 0 Å². The Labute approximate surface area is 112 Å². The topological polar surface area (TPSA) is 47.3 Å². The molecule has 18 heavy (non-hydrogen) atoms. The maximum atomic E-state index is 5.86. The molecule has 0 amide bonds. The molecule has 2 fully saturated rings. The first kappa shape index (κ1) is 14.3. The number of nitrogens with two attached hydrogens (primary N) is 1. The molecule has 0 spiro atoms. The molecule has 3 heteroatoms. The highest BCUT2D eigenvalue weighted by molar-refractivity contribution is 4.90. The fraction of sp³-hybridized carbons (Fsp3) is 1.00. The van der Waals surface area contributed by atoms with Gasteiger partial charge in [-0.15, -0.1) is 0 Å². The first-order chi connectivity index (χ1) is 8.63. The molecule has 2 aliphatic rings. The van der Waals surface area contributed by atoms with E-state index in [2.05, 4.69) is 19.3 Å². The number of rotatable bonds is 4. The Kier molecular flexibility index (Phi) is 5.05. The largest absolute Gasteiger partial charge is 0.381 e. The fourth-order valence-corrected chi connectivity index (χ4v) is 3.96. The van der Waals surface area contributed by atoms with Gasteiger partial charge in [-0.05, 0) is 49.4 Å². The van der Waals surface area contributed by atoms with Crippen molar-refractivity contribution in [3.63, 3.8) is 0 Å². The summed E-state index contributed by atoms with van der Waals surface area (Å²) in [6, 6.07) is 0.489. The Morgan fingerprint density at radius 3 is 2.56 bits per heavy atom. The lowest BCUT2D eigenvalue weighted by Gasteiger charge is -2.44. The Balaban J connectivity index is 1.93. The zero-order chi connectivity index (χ0) is 13.0. The van der Waals surface area contributed by atoms with Crippen LogP contribution in [0.3, 0.4) is 0 Å². The van der Waals surface area contributed by atoms with Gasteiger partial charge in [-0.2, -0.15) is 0 Å². The highest BCUT2D eigenvalue weighted by Gasteiger charge is 2.37. The summed E-state index contributed by atoms with van der Waals surface area (Å²) in [6.45, 7) is 6.72. The number of hydrazine groups is 1. The molecule has 3 N–H and O–H groups in total. The first-order valence-corrected chi connectivity index (χ1v) is 7.67. The second kappa shape index (κ2) is 6.36. The van der Waals surface area contributed by atoms with E-state index in [0.717, 1.165) is 25.0 Å². The van der Waals surface area contributed by atoms with Crippen LogP contribution in [0.2, 0.25) is 0 Å². The molecule has 2 atom stereocenters. The summed E-state index contributed by atoms with van der Waals surface area (Å²) >= 11 is 0. The van der Waals surface area contributed by atoms with Crippen molar-refractivity contribution in [1.29, 1.82) is 0 Å². The number of nitrogens with one attached hydrogen (secondary N) is 1. The van der Waals surface area contributed by atoms with Gasteiger partial charge in [0, 0.05) is 19.3 Å². The maximum Gasteiger partial charge on any atom is 0.0468 e. The highest BCUT2D eigenvalue weighted by atomic mass is 16.5. The van der Waals surface area contributed by atoms with Crippen molar-refractivity contribution in [3.8, 4) is 0 Å². The summed E-state index contributed by atoms with van der Waals surface area (Å²) in [4.78, 5) is 0. The minimum atomic E-state index is 0.445. The molecule has 106 valence electrons. The normalized spacial score (nSPS) is 31.2. The molecular formula is C15H30N2O. The van der Waals surface area contributed by atoms with Gasteiger partial charge in [0.2, 0.25) is 0 Å². The maximum absolute atomic E-state index is 5.86. The van der Waals surface area contributed by atoms with Crippen LogP contribution in [0.4, 0.5) is 0 Å². The monoisotopic (exact) mass is 254 g/mol. The van der Waals surface area contributed by atoms with Crippen LogP contribution in [0.15, 0.2) is 0 Å². The zero-order valence-corrected chi connectivity index (χ0v) is 12.1. The van der Waals surface area contributed by atoms with Crippen molar-refractivity contribution >= 4 is 0 Å². The van der Waals surface area contributed by atoms with E-state index in [-0.39, 0.29) is 0 Å². The summed E-state index contributed by atoms with van der Waals surface area (Å²) in [5.74, 6) is 7.40. The third-order valence-electron chi connectivity index (χ3n) is 5.22. The lowest BCUT2D eigenvalue weighted by molar-refractivity contribution is 0.0425. The van der Waals surface area contributed by atoms with Gasteiger partial charge in [-0.25, -0.2) is 0 Å². The van der Waals surface area contributed by atoms with E-state index in [4.69, 9.17) is 10.6 Å². The van der Waals surface area contributed by atoms with Crippen LogP contribution >= 0.6 is 0 Å². The molecule has 1 saturated heterocycles. The van der Waals surface area contributed by atoms with Gasteiger partial charge in [0.05, 0.1) is 0 Å². The van der Waals surface area contributed by atoms with Gasteiger partial charge in [0.15, 0.2) is 0 Å². The zero-order valence-electron chi connectivity index (χ0n) is 12.1. The van der Waals surface area contributed by atoms with E-state index in [1.165, 1.54) is 44.9 Å². The van der Waals surface area contributed by atoms with Crippen LogP contribution in [0.25, 0.3) is 0 Å². The van der Waals surface area contributed by atoms with Gasteiger partial charge in [0.25, 0.3) is 0 Å². The summed E-state index contributed by atoms with van der Waals surface area (Å²) < 4.78 is 5.45. The van der Waals surface area contributed by atoms with E-state index in [1.807, 2.05) is 0 Å². The molecule has 3 nitrogen and oxygen atoms in total. The third-order valence-corrected chi connectivity index (χ3v) is 5.22. The molecule has 1 aliphatic heterocycles. The number of hydrogen-bond acceptors (Lipinski definition) is 3. The molecule has 0 radical (unpaired) electrons. The lowest BCUT2D eigenvalue weighted by atomic mass is 9.64.